The zero-order valence-electron chi connectivity index (χ0n) is 15.6. The number of aromatic amines is 2. The van der Waals surface area contributed by atoms with E-state index in [1.807, 2.05) is 42.5 Å². The van der Waals surface area contributed by atoms with Crippen molar-refractivity contribution < 1.29 is 14.6 Å². The van der Waals surface area contributed by atoms with Crippen molar-refractivity contribution in [1.82, 2.24) is 15.0 Å². The van der Waals surface area contributed by atoms with Crippen LogP contribution >= 0.6 is 0 Å². The van der Waals surface area contributed by atoms with Gasteiger partial charge in [0.05, 0.1) is 35.1 Å². The van der Waals surface area contributed by atoms with Gasteiger partial charge in [-0.25, -0.2) is 4.98 Å². The molecule has 0 bridgehead atoms. The summed E-state index contributed by atoms with van der Waals surface area (Å²) in [5.74, 6) is 0.862. The summed E-state index contributed by atoms with van der Waals surface area (Å²) < 4.78 is 5.33. The molecule has 0 spiro atoms. The van der Waals surface area contributed by atoms with E-state index in [4.69, 9.17) is 4.74 Å². The van der Waals surface area contributed by atoms with Crippen molar-refractivity contribution in [2.45, 2.75) is 6.10 Å². The summed E-state index contributed by atoms with van der Waals surface area (Å²) in [5, 5.41) is 13.6. The van der Waals surface area contributed by atoms with Crippen molar-refractivity contribution in [1.29, 1.82) is 0 Å². The molecule has 7 heteroatoms. The van der Waals surface area contributed by atoms with Crippen LogP contribution < -0.4 is 10.1 Å². The molecule has 0 saturated heterocycles. The number of anilines is 1. The first-order chi connectivity index (χ1) is 14.2. The molecular formula is C22H18N4O3. The molecule has 144 valence electrons. The van der Waals surface area contributed by atoms with E-state index in [9.17, 15) is 9.90 Å². The molecule has 5 rings (SSSR count). The smallest absolute Gasteiger partial charge is 0.256 e. The molecule has 0 aliphatic carbocycles. The number of benzene rings is 2. The Kier molecular flexibility index (Phi) is 3.96. The van der Waals surface area contributed by atoms with E-state index in [0.29, 0.717) is 39.6 Å². The van der Waals surface area contributed by atoms with E-state index in [2.05, 4.69) is 20.3 Å². The number of rotatable bonds is 4. The van der Waals surface area contributed by atoms with Crippen LogP contribution in [0.1, 0.15) is 28.7 Å². The Hall–Kier alpha value is -3.84. The lowest BCUT2D eigenvalue weighted by Crippen LogP contribution is -2.03. The van der Waals surface area contributed by atoms with Crippen LogP contribution in [0.3, 0.4) is 0 Å². The average molecular weight is 386 g/mol. The lowest BCUT2D eigenvalue weighted by atomic mass is 10.0. The first-order valence-electron chi connectivity index (χ1n) is 9.16. The fraction of sp³-hybridized carbons (Fsp3) is 0.0909. The summed E-state index contributed by atoms with van der Waals surface area (Å²) in [6, 6.07) is 14.8. The summed E-state index contributed by atoms with van der Waals surface area (Å²) in [6.07, 6.45) is 2.62. The number of hydrogen-bond donors (Lipinski definition) is 4. The lowest BCUT2D eigenvalue weighted by molar-refractivity contribution is -0.110. The maximum absolute atomic E-state index is 12.6. The lowest BCUT2D eigenvalue weighted by Gasteiger charge is -2.07. The molecule has 29 heavy (non-hydrogen) atoms. The van der Waals surface area contributed by atoms with Gasteiger partial charge in [-0.3, -0.25) is 4.79 Å². The van der Waals surface area contributed by atoms with E-state index < -0.39 is 6.10 Å². The van der Waals surface area contributed by atoms with Crippen LogP contribution in [-0.4, -0.2) is 33.1 Å². The first kappa shape index (κ1) is 17.3. The Morgan fingerprint density at radius 1 is 1.14 bits per heavy atom. The summed E-state index contributed by atoms with van der Waals surface area (Å²) in [5.41, 5.74) is 4.68. The maximum Gasteiger partial charge on any atom is 0.256 e. The number of fused-ring (bicyclic) bond motifs is 3. The largest absolute Gasteiger partial charge is 0.495 e. The summed E-state index contributed by atoms with van der Waals surface area (Å²) in [6.45, 7) is 0. The number of nitrogens with one attached hydrogen (secondary N) is 3. The van der Waals surface area contributed by atoms with Gasteiger partial charge in [-0.05, 0) is 29.8 Å². The van der Waals surface area contributed by atoms with Crippen molar-refractivity contribution in [3.8, 4) is 5.75 Å². The minimum atomic E-state index is -0.889. The maximum atomic E-state index is 12.6. The van der Waals surface area contributed by atoms with Crippen LogP contribution in [0.15, 0.2) is 54.7 Å². The van der Waals surface area contributed by atoms with Gasteiger partial charge >= 0.3 is 0 Å². The van der Waals surface area contributed by atoms with Crippen LogP contribution in [0.2, 0.25) is 0 Å². The second kappa shape index (κ2) is 6.65. The van der Waals surface area contributed by atoms with Crippen molar-refractivity contribution >= 4 is 34.3 Å². The molecule has 3 heterocycles. The SMILES string of the molecule is COc1cc[nH]c1/C=C1\C(=O)Nc2ccc3[nH]c(C(O)c4ccccc4)nc3c21. The normalized spacial score (nSPS) is 15.5. The van der Waals surface area contributed by atoms with E-state index in [1.165, 1.54) is 0 Å². The van der Waals surface area contributed by atoms with E-state index in [1.54, 1.807) is 25.4 Å². The van der Waals surface area contributed by atoms with E-state index in [-0.39, 0.29) is 5.91 Å². The highest BCUT2D eigenvalue weighted by atomic mass is 16.5. The van der Waals surface area contributed by atoms with Gasteiger partial charge < -0.3 is 25.1 Å². The van der Waals surface area contributed by atoms with Crippen molar-refractivity contribution in [2.24, 2.45) is 0 Å². The number of hydrogen-bond acceptors (Lipinski definition) is 4. The second-order valence-electron chi connectivity index (χ2n) is 6.79. The van der Waals surface area contributed by atoms with Gasteiger partial charge in [0.1, 0.15) is 17.7 Å². The third-order valence-corrected chi connectivity index (χ3v) is 5.06. The van der Waals surface area contributed by atoms with Gasteiger partial charge in [-0.15, -0.1) is 0 Å². The van der Waals surface area contributed by atoms with E-state index >= 15 is 0 Å². The monoisotopic (exact) mass is 386 g/mol. The number of carbonyl (C=O) groups excluding carboxylic acids is 1. The quantitative estimate of drug-likeness (QED) is 0.403. The molecule has 0 saturated carbocycles. The predicted molar refractivity (Wildman–Crippen MR) is 110 cm³/mol. The van der Waals surface area contributed by atoms with Crippen LogP contribution in [-0.2, 0) is 4.79 Å². The van der Waals surface area contributed by atoms with Gasteiger partial charge in [-0.2, -0.15) is 0 Å². The summed E-state index contributed by atoms with van der Waals surface area (Å²) >= 11 is 0. The molecular weight excluding hydrogens is 368 g/mol. The molecule has 7 nitrogen and oxygen atoms in total. The molecule has 1 aliphatic rings. The number of methoxy groups -OCH3 is 1. The van der Waals surface area contributed by atoms with Gasteiger partial charge in [0, 0.05) is 11.8 Å². The number of aromatic nitrogens is 3. The Balaban J connectivity index is 1.65. The molecule has 0 radical (unpaired) electrons. The van der Waals surface area contributed by atoms with Gasteiger partial charge in [0.25, 0.3) is 5.91 Å². The van der Waals surface area contributed by atoms with Crippen LogP contribution in [0.4, 0.5) is 5.69 Å². The minimum absolute atomic E-state index is 0.211. The molecule has 4 N–H and O–H groups in total. The molecule has 1 amide bonds. The summed E-state index contributed by atoms with van der Waals surface area (Å²) in [7, 11) is 1.58. The number of aliphatic hydroxyl groups excluding tert-OH is 1. The van der Waals surface area contributed by atoms with Crippen molar-refractivity contribution in [3.05, 3.63) is 77.4 Å². The fourth-order valence-corrected chi connectivity index (χ4v) is 3.64. The Labute approximate surface area is 166 Å². The van der Waals surface area contributed by atoms with Crippen molar-refractivity contribution in [3.63, 3.8) is 0 Å². The number of H-pyrrole nitrogens is 2. The van der Waals surface area contributed by atoms with E-state index in [0.717, 1.165) is 11.1 Å². The number of amides is 1. The molecule has 1 unspecified atom stereocenters. The highest BCUT2D eigenvalue weighted by molar-refractivity contribution is 6.37. The second-order valence-corrected chi connectivity index (χ2v) is 6.79. The van der Waals surface area contributed by atoms with Crippen LogP contribution in [0.5, 0.6) is 5.75 Å². The third-order valence-electron chi connectivity index (χ3n) is 5.06. The first-order valence-corrected chi connectivity index (χ1v) is 9.16. The Bertz CT molecular complexity index is 1250. The zero-order valence-corrected chi connectivity index (χ0v) is 15.6. The van der Waals surface area contributed by atoms with Gasteiger partial charge in [0.15, 0.2) is 0 Å². The fourth-order valence-electron chi connectivity index (χ4n) is 3.64. The predicted octanol–water partition coefficient (Wildman–Crippen LogP) is 3.47. The number of carbonyl (C=O) groups is 1. The minimum Gasteiger partial charge on any atom is -0.495 e. The Morgan fingerprint density at radius 2 is 1.97 bits per heavy atom. The van der Waals surface area contributed by atoms with Gasteiger partial charge in [0.2, 0.25) is 0 Å². The highest BCUT2D eigenvalue weighted by Crippen LogP contribution is 2.39. The number of aliphatic hydroxyl groups is 1. The van der Waals surface area contributed by atoms with Crippen LogP contribution in [0.25, 0.3) is 22.7 Å². The van der Waals surface area contributed by atoms with Gasteiger partial charge in [-0.1, -0.05) is 30.3 Å². The number of nitrogens with zero attached hydrogens (tertiary/aromatic N) is 1. The molecule has 0 fully saturated rings. The number of imidazole rings is 1. The molecule has 1 atom stereocenters. The topological polar surface area (TPSA) is 103 Å². The molecule has 1 aliphatic heterocycles. The standard InChI is InChI=1S/C22H18N4O3/c1-29-17-9-10-23-16(17)11-13-18-14(25-22(13)28)7-8-15-19(18)26-21(24-15)20(27)12-5-3-2-4-6-12/h2-11,20,23,27H,1H3,(H,24,26)(H,25,28)/b13-11-. The Morgan fingerprint density at radius 3 is 2.76 bits per heavy atom. The van der Waals surface area contributed by atoms with Crippen molar-refractivity contribution in [2.75, 3.05) is 12.4 Å². The average Bonchev–Trinajstić information content (AvgIpc) is 3.45. The third kappa shape index (κ3) is 2.79. The number of ether oxygens (including phenoxy) is 1. The summed E-state index contributed by atoms with van der Waals surface area (Å²) in [4.78, 5) is 23.5. The zero-order chi connectivity index (χ0) is 20.0. The molecule has 2 aromatic heterocycles. The molecule has 4 aromatic rings. The van der Waals surface area contributed by atoms with Crippen LogP contribution in [0, 0.1) is 0 Å². The highest BCUT2D eigenvalue weighted by Gasteiger charge is 2.29. The molecule has 2 aromatic carbocycles.